The van der Waals surface area contributed by atoms with Gasteiger partial charge in [-0.2, -0.15) is 0 Å². The Kier molecular flexibility index (Phi) is 2.70. The Morgan fingerprint density at radius 2 is 2.36 bits per heavy atom. The summed E-state index contributed by atoms with van der Waals surface area (Å²) in [7, 11) is 0. The van der Waals surface area contributed by atoms with Crippen molar-refractivity contribution < 1.29 is 0 Å². The van der Waals surface area contributed by atoms with Crippen LogP contribution in [0.4, 0.5) is 5.82 Å². The van der Waals surface area contributed by atoms with Crippen LogP contribution in [0.15, 0.2) is 29.8 Å². The van der Waals surface area contributed by atoms with Crippen molar-refractivity contribution in [1.82, 2.24) is 4.98 Å². The summed E-state index contributed by atoms with van der Waals surface area (Å²) in [5, 5.41) is 2.04. The first-order valence-electron chi connectivity index (χ1n) is 4.18. The Bertz CT molecular complexity index is 439. The number of pyridine rings is 1. The zero-order chi connectivity index (χ0) is 9.97. The predicted molar refractivity (Wildman–Crippen MR) is 60.8 cm³/mol. The molecule has 0 amide bonds. The third kappa shape index (κ3) is 2.05. The molecule has 0 aromatic carbocycles. The van der Waals surface area contributed by atoms with Crippen molar-refractivity contribution in [2.75, 3.05) is 5.73 Å². The summed E-state index contributed by atoms with van der Waals surface area (Å²) in [4.78, 5) is 4.03. The van der Waals surface area contributed by atoms with Gasteiger partial charge >= 0.3 is 0 Å². The number of rotatable bonds is 2. The molecule has 0 radical (unpaired) electrons. The zero-order valence-electron chi connectivity index (χ0n) is 7.40. The molecule has 2 N–H and O–H groups in total. The number of hydrogen-bond acceptors (Lipinski definition) is 3. The van der Waals surface area contributed by atoms with Gasteiger partial charge in [0.1, 0.15) is 5.82 Å². The summed E-state index contributed by atoms with van der Waals surface area (Å²) < 4.78 is 0.808. The van der Waals surface area contributed by atoms with E-state index in [-0.39, 0.29) is 0 Å². The van der Waals surface area contributed by atoms with E-state index in [1.807, 2.05) is 23.6 Å². The van der Waals surface area contributed by atoms with E-state index in [9.17, 15) is 0 Å². The van der Waals surface area contributed by atoms with E-state index in [1.54, 1.807) is 6.20 Å². The number of halogens is 1. The van der Waals surface area contributed by atoms with Gasteiger partial charge in [-0.1, -0.05) is 17.7 Å². The lowest BCUT2D eigenvalue weighted by molar-refractivity contribution is 1.17. The predicted octanol–water partition coefficient (Wildman–Crippen LogP) is 2.97. The van der Waals surface area contributed by atoms with Crippen LogP contribution in [0.2, 0.25) is 4.34 Å². The van der Waals surface area contributed by atoms with Gasteiger partial charge in [0, 0.05) is 12.6 Å². The van der Waals surface area contributed by atoms with E-state index < -0.39 is 0 Å². The third-order valence-electron chi connectivity index (χ3n) is 1.94. The van der Waals surface area contributed by atoms with Crippen LogP contribution in [0, 0.1) is 0 Å². The molecular weight excluding hydrogens is 216 g/mol. The SMILES string of the molecule is Nc1ncccc1Cc1csc(Cl)c1. The second-order valence-corrected chi connectivity index (χ2v) is 4.53. The van der Waals surface area contributed by atoms with Crippen LogP contribution >= 0.6 is 22.9 Å². The maximum absolute atomic E-state index is 5.84. The highest BCUT2D eigenvalue weighted by Gasteiger charge is 2.02. The molecule has 0 unspecified atom stereocenters. The van der Waals surface area contributed by atoms with Gasteiger partial charge in [0.05, 0.1) is 4.34 Å². The number of nitrogens with two attached hydrogens (primary N) is 1. The zero-order valence-corrected chi connectivity index (χ0v) is 8.98. The summed E-state index contributed by atoms with van der Waals surface area (Å²) in [5.74, 6) is 0.592. The second kappa shape index (κ2) is 3.98. The monoisotopic (exact) mass is 224 g/mol. The number of thiophene rings is 1. The standard InChI is InChI=1S/C10H9ClN2S/c11-9-5-7(6-14-9)4-8-2-1-3-13-10(8)12/h1-3,5-6H,4H2,(H2,12,13). The first-order valence-corrected chi connectivity index (χ1v) is 5.44. The molecule has 0 aliphatic carbocycles. The van der Waals surface area contributed by atoms with E-state index in [0.717, 1.165) is 16.3 Å². The molecule has 4 heteroatoms. The quantitative estimate of drug-likeness (QED) is 0.852. The van der Waals surface area contributed by atoms with Gasteiger partial charge < -0.3 is 5.73 Å². The Balaban J connectivity index is 2.23. The van der Waals surface area contributed by atoms with E-state index in [0.29, 0.717) is 5.82 Å². The molecule has 2 heterocycles. The maximum Gasteiger partial charge on any atom is 0.126 e. The second-order valence-electron chi connectivity index (χ2n) is 2.98. The van der Waals surface area contributed by atoms with Gasteiger partial charge in [0.15, 0.2) is 0 Å². The molecule has 0 aliphatic heterocycles. The largest absolute Gasteiger partial charge is 0.383 e. The number of nitrogens with zero attached hydrogens (tertiary/aromatic N) is 1. The summed E-state index contributed by atoms with van der Waals surface area (Å²) in [6.45, 7) is 0. The Morgan fingerprint density at radius 1 is 1.50 bits per heavy atom. The first-order chi connectivity index (χ1) is 6.75. The van der Waals surface area contributed by atoms with Crippen LogP contribution in [0.25, 0.3) is 0 Å². The summed E-state index contributed by atoms with van der Waals surface area (Å²) in [6, 6.07) is 5.83. The molecule has 72 valence electrons. The van der Waals surface area contributed by atoms with E-state index in [4.69, 9.17) is 17.3 Å². The molecule has 0 aliphatic rings. The lowest BCUT2D eigenvalue weighted by Crippen LogP contribution is -1.96. The van der Waals surface area contributed by atoms with Crippen molar-refractivity contribution in [3.8, 4) is 0 Å². The fourth-order valence-corrected chi connectivity index (χ4v) is 2.17. The molecule has 2 aromatic heterocycles. The number of anilines is 1. The van der Waals surface area contributed by atoms with Gasteiger partial charge in [0.25, 0.3) is 0 Å². The third-order valence-corrected chi connectivity index (χ3v) is 3.08. The highest BCUT2D eigenvalue weighted by atomic mass is 35.5. The fraction of sp³-hybridized carbons (Fsp3) is 0.100. The summed E-state index contributed by atoms with van der Waals surface area (Å²) in [6.07, 6.45) is 2.49. The van der Waals surface area contributed by atoms with Crippen LogP contribution in [0.5, 0.6) is 0 Å². The maximum atomic E-state index is 5.84. The van der Waals surface area contributed by atoms with Gasteiger partial charge in [-0.15, -0.1) is 11.3 Å². The molecule has 0 saturated heterocycles. The highest BCUT2D eigenvalue weighted by Crippen LogP contribution is 2.23. The molecule has 0 saturated carbocycles. The first kappa shape index (κ1) is 9.49. The molecule has 0 atom stereocenters. The minimum Gasteiger partial charge on any atom is -0.383 e. The molecule has 2 rings (SSSR count). The van der Waals surface area contributed by atoms with Crippen molar-refractivity contribution in [3.05, 3.63) is 45.2 Å². The number of hydrogen-bond donors (Lipinski definition) is 1. The van der Waals surface area contributed by atoms with Crippen molar-refractivity contribution in [3.63, 3.8) is 0 Å². The molecule has 2 nitrogen and oxygen atoms in total. The molecule has 0 bridgehead atoms. The van der Waals surface area contributed by atoms with Gasteiger partial charge in [-0.05, 0) is 28.6 Å². The minimum absolute atomic E-state index is 0.592. The highest BCUT2D eigenvalue weighted by molar-refractivity contribution is 7.14. The molecular formula is C10H9ClN2S. The van der Waals surface area contributed by atoms with Gasteiger partial charge in [0.2, 0.25) is 0 Å². The lowest BCUT2D eigenvalue weighted by atomic mass is 10.1. The van der Waals surface area contributed by atoms with Crippen molar-refractivity contribution >= 4 is 28.8 Å². The van der Waals surface area contributed by atoms with Crippen molar-refractivity contribution in [2.24, 2.45) is 0 Å². The minimum atomic E-state index is 0.592. The van der Waals surface area contributed by atoms with E-state index in [1.165, 1.54) is 16.9 Å². The topological polar surface area (TPSA) is 38.9 Å². The number of aromatic nitrogens is 1. The smallest absolute Gasteiger partial charge is 0.126 e. The Hall–Kier alpha value is -1.06. The normalized spacial score (nSPS) is 10.4. The van der Waals surface area contributed by atoms with Crippen LogP contribution in [-0.4, -0.2) is 4.98 Å². The van der Waals surface area contributed by atoms with E-state index >= 15 is 0 Å². The average Bonchev–Trinajstić information content (AvgIpc) is 2.56. The number of nitrogen functional groups attached to an aromatic ring is 1. The van der Waals surface area contributed by atoms with Crippen molar-refractivity contribution in [2.45, 2.75) is 6.42 Å². The molecule has 0 fully saturated rings. The lowest BCUT2D eigenvalue weighted by Gasteiger charge is -2.01. The average molecular weight is 225 g/mol. The van der Waals surface area contributed by atoms with Gasteiger partial charge in [-0.25, -0.2) is 4.98 Å². The molecule has 14 heavy (non-hydrogen) atoms. The van der Waals surface area contributed by atoms with Crippen LogP contribution < -0.4 is 5.73 Å². The fourth-order valence-electron chi connectivity index (χ4n) is 1.26. The molecule has 2 aromatic rings. The van der Waals surface area contributed by atoms with Crippen LogP contribution in [-0.2, 0) is 6.42 Å². The van der Waals surface area contributed by atoms with Gasteiger partial charge in [-0.3, -0.25) is 0 Å². The van der Waals surface area contributed by atoms with Crippen LogP contribution in [0.3, 0.4) is 0 Å². The van der Waals surface area contributed by atoms with Crippen LogP contribution in [0.1, 0.15) is 11.1 Å². The van der Waals surface area contributed by atoms with E-state index in [2.05, 4.69) is 4.98 Å². The summed E-state index contributed by atoms with van der Waals surface area (Å²) >= 11 is 7.37. The van der Waals surface area contributed by atoms with Crippen molar-refractivity contribution in [1.29, 1.82) is 0 Å². The summed E-state index contributed by atoms with van der Waals surface area (Å²) in [5.41, 5.74) is 7.96. The molecule has 0 spiro atoms. The Labute approximate surface area is 91.4 Å². The Morgan fingerprint density at radius 3 is 3.00 bits per heavy atom.